The van der Waals surface area contributed by atoms with Crippen LogP contribution in [0.1, 0.15) is 24.0 Å². The van der Waals surface area contributed by atoms with E-state index in [9.17, 15) is 8.78 Å². The summed E-state index contributed by atoms with van der Waals surface area (Å²) in [4.78, 5) is 0. The summed E-state index contributed by atoms with van der Waals surface area (Å²) in [6.07, 6.45) is 1.67. The summed E-state index contributed by atoms with van der Waals surface area (Å²) >= 11 is 0. The van der Waals surface area contributed by atoms with Gasteiger partial charge in [0.05, 0.1) is 6.61 Å². The van der Waals surface area contributed by atoms with Crippen molar-refractivity contribution in [3.8, 4) is 0 Å². The highest BCUT2D eigenvalue weighted by molar-refractivity contribution is 5.36. The van der Waals surface area contributed by atoms with Crippen LogP contribution in [0.3, 0.4) is 0 Å². The van der Waals surface area contributed by atoms with Crippen molar-refractivity contribution < 1.29 is 13.5 Å². The molecule has 0 aliphatic heterocycles. The van der Waals surface area contributed by atoms with Gasteiger partial charge in [0.15, 0.2) is 0 Å². The molecule has 1 aromatic rings. The molecule has 0 aromatic heterocycles. The summed E-state index contributed by atoms with van der Waals surface area (Å²) < 4.78 is 32.2. The molecule has 0 atom stereocenters. The van der Waals surface area contributed by atoms with Gasteiger partial charge in [-0.05, 0) is 30.5 Å². The monoisotopic (exact) mass is 227 g/mol. The van der Waals surface area contributed by atoms with Gasteiger partial charge in [-0.2, -0.15) is 0 Å². The molecular formula is C12H15F2NO. The van der Waals surface area contributed by atoms with Gasteiger partial charge >= 0.3 is 0 Å². The number of nitrogens with two attached hydrogens (primary N) is 1. The molecule has 0 heterocycles. The van der Waals surface area contributed by atoms with Crippen LogP contribution in [-0.2, 0) is 16.8 Å². The van der Waals surface area contributed by atoms with E-state index >= 15 is 0 Å². The first-order valence-electron chi connectivity index (χ1n) is 5.30. The second-order valence-electron chi connectivity index (χ2n) is 4.34. The fraction of sp³-hybridized carbons (Fsp3) is 0.500. The Bertz CT molecular complexity index is 402. The molecule has 2 nitrogen and oxygen atoms in total. The quantitative estimate of drug-likeness (QED) is 0.855. The molecule has 1 aromatic carbocycles. The van der Waals surface area contributed by atoms with Crippen LogP contribution in [0.5, 0.6) is 0 Å². The standard InChI is InChI=1S/C12H15F2NO/c1-16-6-8-4-11(14)9(5-10(8)13)12(7-15)2-3-12/h4-5H,2-3,6-7,15H2,1H3. The molecule has 4 heteroatoms. The van der Waals surface area contributed by atoms with Crippen molar-refractivity contribution in [2.24, 2.45) is 5.73 Å². The molecule has 0 bridgehead atoms. The van der Waals surface area contributed by atoms with Crippen LogP contribution in [0.25, 0.3) is 0 Å². The highest BCUT2D eigenvalue weighted by atomic mass is 19.1. The van der Waals surface area contributed by atoms with Crippen molar-refractivity contribution in [2.75, 3.05) is 13.7 Å². The molecule has 1 fully saturated rings. The van der Waals surface area contributed by atoms with E-state index in [-0.39, 0.29) is 23.4 Å². The Morgan fingerprint density at radius 3 is 2.50 bits per heavy atom. The summed E-state index contributed by atoms with van der Waals surface area (Å²) in [7, 11) is 1.45. The fourth-order valence-corrected chi connectivity index (χ4v) is 1.99. The molecule has 2 N–H and O–H groups in total. The summed E-state index contributed by atoms with van der Waals surface area (Å²) in [5.74, 6) is -0.797. The summed E-state index contributed by atoms with van der Waals surface area (Å²) in [5.41, 5.74) is 5.94. The third-order valence-corrected chi connectivity index (χ3v) is 3.25. The molecule has 0 unspecified atom stereocenters. The van der Waals surface area contributed by atoms with Crippen LogP contribution >= 0.6 is 0 Å². The minimum absolute atomic E-state index is 0.0820. The van der Waals surface area contributed by atoms with Crippen molar-refractivity contribution in [2.45, 2.75) is 24.9 Å². The Morgan fingerprint density at radius 2 is 2.00 bits per heavy atom. The van der Waals surface area contributed by atoms with E-state index in [1.807, 2.05) is 0 Å². The van der Waals surface area contributed by atoms with E-state index in [2.05, 4.69) is 0 Å². The molecule has 1 saturated carbocycles. The molecule has 0 radical (unpaired) electrons. The van der Waals surface area contributed by atoms with Crippen molar-refractivity contribution in [1.29, 1.82) is 0 Å². The number of benzene rings is 1. The van der Waals surface area contributed by atoms with E-state index in [1.54, 1.807) is 0 Å². The van der Waals surface area contributed by atoms with Crippen LogP contribution < -0.4 is 5.73 Å². The SMILES string of the molecule is COCc1cc(F)c(C2(CN)CC2)cc1F. The minimum Gasteiger partial charge on any atom is -0.380 e. The number of hydrogen-bond acceptors (Lipinski definition) is 2. The molecule has 0 saturated heterocycles. The van der Waals surface area contributed by atoms with E-state index in [1.165, 1.54) is 19.2 Å². The second-order valence-corrected chi connectivity index (χ2v) is 4.34. The van der Waals surface area contributed by atoms with Crippen LogP contribution in [0.4, 0.5) is 8.78 Å². The number of halogens is 2. The van der Waals surface area contributed by atoms with E-state index < -0.39 is 5.82 Å². The Morgan fingerprint density at radius 1 is 1.31 bits per heavy atom. The average Bonchev–Trinajstić information content (AvgIpc) is 3.04. The van der Waals surface area contributed by atoms with Gasteiger partial charge in [0.25, 0.3) is 0 Å². The maximum absolute atomic E-state index is 13.8. The lowest BCUT2D eigenvalue weighted by atomic mass is 9.94. The van der Waals surface area contributed by atoms with Crippen molar-refractivity contribution in [1.82, 2.24) is 0 Å². The Kier molecular flexibility index (Phi) is 2.95. The highest BCUT2D eigenvalue weighted by Gasteiger charge is 2.45. The first-order chi connectivity index (χ1) is 7.63. The van der Waals surface area contributed by atoms with Gasteiger partial charge in [-0.1, -0.05) is 0 Å². The van der Waals surface area contributed by atoms with Gasteiger partial charge in [0.2, 0.25) is 0 Å². The number of methoxy groups -OCH3 is 1. The third kappa shape index (κ3) is 1.83. The number of hydrogen-bond donors (Lipinski definition) is 1. The predicted molar refractivity (Wildman–Crippen MR) is 57.0 cm³/mol. The lowest BCUT2D eigenvalue weighted by Crippen LogP contribution is -2.21. The molecule has 2 rings (SSSR count). The fourth-order valence-electron chi connectivity index (χ4n) is 1.99. The molecule has 16 heavy (non-hydrogen) atoms. The minimum atomic E-state index is -0.419. The lowest BCUT2D eigenvalue weighted by molar-refractivity contribution is 0.181. The molecule has 1 aliphatic rings. The Balaban J connectivity index is 2.38. The van der Waals surface area contributed by atoms with Crippen LogP contribution in [0.2, 0.25) is 0 Å². The van der Waals surface area contributed by atoms with Gasteiger partial charge in [-0.3, -0.25) is 0 Å². The zero-order valence-corrected chi connectivity index (χ0v) is 9.22. The average molecular weight is 227 g/mol. The van der Waals surface area contributed by atoms with Crippen LogP contribution in [-0.4, -0.2) is 13.7 Å². The first-order valence-corrected chi connectivity index (χ1v) is 5.30. The predicted octanol–water partition coefficient (Wildman–Crippen LogP) is 2.10. The molecule has 1 aliphatic carbocycles. The normalized spacial score (nSPS) is 17.5. The second kappa shape index (κ2) is 4.11. The molecule has 0 spiro atoms. The molecule has 88 valence electrons. The van der Waals surface area contributed by atoms with Crippen molar-refractivity contribution in [3.63, 3.8) is 0 Å². The van der Waals surface area contributed by atoms with E-state index in [0.717, 1.165) is 12.8 Å². The number of rotatable bonds is 4. The lowest BCUT2D eigenvalue weighted by Gasteiger charge is -2.15. The zero-order valence-electron chi connectivity index (χ0n) is 9.22. The number of ether oxygens (including phenoxy) is 1. The van der Waals surface area contributed by atoms with Gasteiger partial charge in [0.1, 0.15) is 11.6 Å². The third-order valence-electron chi connectivity index (χ3n) is 3.25. The largest absolute Gasteiger partial charge is 0.380 e. The summed E-state index contributed by atoms with van der Waals surface area (Å²) in [6, 6.07) is 2.48. The van der Waals surface area contributed by atoms with Crippen LogP contribution in [0, 0.1) is 11.6 Å². The maximum Gasteiger partial charge on any atom is 0.129 e. The first kappa shape index (κ1) is 11.5. The van der Waals surface area contributed by atoms with E-state index in [0.29, 0.717) is 12.1 Å². The maximum atomic E-state index is 13.8. The van der Waals surface area contributed by atoms with Crippen LogP contribution in [0.15, 0.2) is 12.1 Å². The highest BCUT2D eigenvalue weighted by Crippen LogP contribution is 2.48. The van der Waals surface area contributed by atoms with Crippen molar-refractivity contribution >= 4 is 0 Å². The van der Waals surface area contributed by atoms with Gasteiger partial charge in [-0.15, -0.1) is 0 Å². The van der Waals surface area contributed by atoms with E-state index in [4.69, 9.17) is 10.5 Å². The molecular weight excluding hydrogens is 212 g/mol. The Hall–Kier alpha value is -1.00. The Labute approximate surface area is 93.4 Å². The molecule has 0 amide bonds. The summed E-state index contributed by atoms with van der Waals surface area (Å²) in [5, 5.41) is 0. The zero-order chi connectivity index (χ0) is 11.8. The smallest absolute Gasteiger partial charge is 0.129 e. The van der Waals surface area contributed by atoms with Crippen molar-refractivity contribution in [3.05, 3.63) is 34.9 Å². The van der Waals surface area contributed by atoms with Gasteiger partial charge in [0, 0.05) is 24.6 Å². The topological polar surface area (TPSA) is 35.2 Å². The van der Waals surface area contributed by atoms with Gasteiger partial charge in [-0.25, -0.2) is 8.78 Å². The summed E-state index contributed by atoms with van der Waals surface area (Å²) in [6.45, 7) is 0.450. The van der Waals surface area contributed by atoms with Gasteiger partial charge < -0.3 is 10.5 Å².